The van der Waals surface area contributed by atoms with Crippen molar-refractivity contribution in [3.05, 3.63) is 23.0 Å². The molecule has 6 heteroatoms. The number of rotatable bonds is 7. The molecule has 0 aliphatic rings. The lowest BCUT2D eigenvalue weighted by atomic mass is 10.0. The predicted octanol–water partition coefficient (Wildman–Crippen LogP) is 2.78. The van der Waals surface area contributed by atoms with Crippen molar-refractivity contribution in [2.45, 2.75) is 46.2 Å². The Morgan fingerprint density at radius 2 is 2.10 bits per heavy atom. The van der Waals surface area contributed by atoms with Crippen LogP contribution in [0.25, 0.3) is 0 Å². The van der Waals surface area contributed by atoms with Gasteiger partial charge in [-0.3, -0.25) is 4.79 Å². The Morgan fingerprint density at radius 3 is 2.60 bits per heavy atom. The number of aliphatic carboxylic acids is 1. The lowest BCUT2D eigenvalue weighted by Gasteiger charge is -2.17. The highest BCUT2D eigenvalue weighted by molar-refractivity contribution is 6.31. The zero-order chi connectivity index (χ0) is 15.3. The van der Waals surface area contributed by atoms with Crippen LogP contribution in [0.15, 0.2) is 12.3 Å². The number of aryl methyl sites for hydroxylation is 1. The summed E-state index contributed by atoms with van der Waals surface area (Å²) in [5, 5.41) is 12.2. The second-order valence-electron chi connectivity index (χ2n) is 5.23. The molecule has 0 aromatic carbocycles. The molecule has 0 bridgehead atoms. The van der Waals surface area contributed by atoms with Crippen LogP contribution >= 0.6 is 11.6 Å². The van der Waals surface area contributed by atoms with Crippen LogP contribution in [0.4, 0.5) is 0 Å². The molecule has 0 spiro atoms. The van der Waals surface area contributed by atoms with Gasteiger partial charge in [-0.15, -0.1) is 0 Å². The maximum atomic E-state index is 12.2. The average molecular weight is 301 g/mol. The third kappa shape index (κ3) is 4.56. The van der Waals surface area contributed by atoms with Crippen molar-refractivity contribution in [3.8, 4) is 0 Å². The van der Waals surface area contributed by atoms with E-state index in [2.05, 4.69) is 5.32 Å². The Balaban J connectivity index is 2.85. The number of carbonyl (C=O) groups is 2. The number of aromatic nitrogens is 1. The van der Waals surface area contributed by atoms with Gasteiger partial charge in [-0.2, -0.15) is 0 Å². The van der Waals surface area contributed by atoms with Gasteiger partial charge in [0.05, 0.1) is 5.02 Å². The smallest absolute Gasteiger partial charge is 0.326 e. The van der Waals surface area contributed by atoms with Gasteiger partial charge in [0.2, 0.25) is 0 Å². The van der Waals surface area contributed by atoms with Gasteiger partial charge in [-0.1, -0.05) is 32.4 Å². The van der Waals surface area contributed by atoms with E-state index in [1.54, 1.807) is 16.8 Å². The summed E-state index contributed by atoms with van der Waals surface area (Å²) in [6.07, 6.45) is 2.93. The summed E-state index contributed by atoms with van der Waals surface area (Å²) in [6, 6.07) is 0.673. The molecule has 1 atom stereocenters. The van der Waals surface area contributed by atoms with Crippen molar-refractivity contribution in [2.75, 3.05) is 0 Å². The Morgan fingerprint density at radius 1 is 1.45 bits per heavy atom. The van der Waals surface area contributed by atoms with E-state index >= 15 is 0 Å². The molecule has 20 heavy (non-hydrogen) atoms. The maximum absolute atomic E-state index is 12.2. The molecular formula is C14H21ClN2O3. The van der Waals surface area contributed by atoms with Gasteiger partial charge >= 0.3 is 5.97 Å². The van der Waals surface area contributed by atoms with Crippen molar-refractivity contribution in [1.82, 2.24) is 9.88 Å². The Hall–Kier alpha value is -1.49. The Labute approximate surface area is 123 Å². The van der Waals surface area contributed by atoms with Gasteiger partial charge in [-0.25, -0.2) is 4.79 Å². The molecule has 1 heterocycles. The summed E-state index contributed by atoms with van der Waals surface area (Å²) in [6.45, 7) is 6.49. The lowest BCUT2D eigenvalue weighted by molar-refractivity contribution is -0.139. The first-order chi connectivity index (χ1) is 9.35. The van der Waals surface area contributed by atoms with E-state index in [4.69, 9.17) is 16.7 Å². The van der Waals surface area contributed by atoms with E-state index in [1.807, 2.05) is 20.8 Å². The second kappa shape index (κ2) is 7.33. The molecule has 0 saturated carbocycles. The molecule has 0 fully saturated rings. The van der Waals surface area contributed by atoms with Gasteiger partial charge in [0.15, 0.2) is 0 Å². The number of carboxylic acids is 1. The topological polar surface area (TPSA) is 71.3 Å². The molecule has 1 aromatic rings. The zero-order valence-electron chi connectivity index (χ0n) is 12.0. The molecule has 0 aliphatic heterocycles. The number of halogens is 1. The Kier molecular flexibility index (Phi) is 6.07. The van der Waals surface area contributed by atoms with E-state index in [1.165, 1.54) is 0 Å². The molecule has 1 amide bonds. The minimum absolute atomic E-state index is 0.183. The van der Waals surface area contributed by atoms with E-state index in [-0.39, 0.29) is 5.92 Å². The fraction of sp³-hybridized carbons (Fsp3) is 0.571. The van der Waals surface area contributed by atoms with Crippen molar-refractivity contribution >= 4 is 23.5 Å². The molecule has 0 aliphatic carbocycles. The van der Waals surface area contributed by atoms with E-state index in [9.17, 15) is 9.59 Å². The van der Waals surface area contributed by atoms with Crippen LogP contribution in [0.1, 0.15) is 44.1 Å². The highest BCUT2D eigenvalue weighted by Gasteiger charge is 2.23. The normalized spacial score (nSPS) is 12.4. The molecule has 1 aromatic heterocycles. The molecule has 5 nitrogen and oxygen atoms in total. The molecule has 0 radical (unpaired) electrons. The molecule has 2 N–H and O–H groups in total. The number of nitrogens with one attached hydrogen (secondary N) is 1. The third-order valence-corrected chi connectivity index (χ3v) is 3.08. The second-order valence-corrected chi connectivity index (χ2v) is 5.67. The average Bonchev–Trinajstić information content (AvgIpc) is 2.69. The monoisotopic (exact) mass is 300 g/mol. The quantitative estimate of drug-likeness (QED) is 0.813. The van der Waals surface area contributed by atoms with E-state index < -0.39 is 17.9 Å². The minimum Gasteiger partial charge on any atom is -0.480 e. The first-order valence-electron chi connectivity index (χ1n) is 6.74. The third-order valence-electron chi connectivity index (χ3n) is 2.87. The van der Waals surface area contributed by atoms with Crippen LogP contribution in [0.2, 0.25) is 5.02 Å². The lowest BCUT2D eigenvalue weighted by Crippen LogP contribution is -2.42. The highest BCUT2D eigenvalue weighted by Crippen LogP contribution is 2.15. The van der Waals surface area contributed by atoms with Crippen molar-refractivity contribution in [2.24, 2.45) is 5.92 Å². The summed E-state index contributed by atoms with van der Waals surface area (Å²) >= 11 is 5.91. The van der Waals surface area contributed by atoms with Gasteiger partial charge in [-0.05, 0) is 24.8 Å². The summed E-state index contributed by atoms with van der Waals surface area (Å²) < 4.78 is 1.74. The zero-order valence-corrected chi connectivity index (χ0v) is 12.8. The largest absolute Gasteiger partial charge is 0.480 e. The SMILES string of the molecule is CCCn1cc(Cl)cc1C(=O)N[C@H](CC(C)C)C(=O)O. The van der Waals surface area contributed by atoms with Crippen LogP contribution in [-0.2, 0) is 11.3 Å². The number of carboxylic acid groups (broad SMARTS) is 1. The van der Waals surface area contributed by atoms with Crippen molar-refractivity contribution in [3.63, 3.8) is 0 Å². The van der Waals surface area contributed by atoms with E-state index in [0.29, 0.717) is 23.7 Å². The molecule has 1 rings (SSSR count). The number of hydrogen-bond acceptors (Lipinski definition) is 2. The fourth-order valence-electron chi connectivity index (χ4n) is 2.02. The van der Waals surface area contributed by atoms with Gasteiger partial charge < -0.3 is 15.0 Å². The summed E-state index contributed by atoms with van der Waals surface area (Å²) in [4.78, 5) is 23.4. The van der Waals surface area contributed by atoms with E-state index in [0.717, 1.165) is 6.42 Å². The summed E-state index contributed by atoms with van der Waals surface area (Å²) in [5.41, 5.74) is 0.395. The number of nitrogens with zero attached hydrogens (tertiary/aromatic N) is 1. The van der Waals surface area contributed by atoms with Crippen LogP contribution in [0.5, 0.6) is 0 Å². The molecule has 0 unspecified atom stereocenters. The predicted molar refractivity (Wildman–Crippen MR) is 78.1 cm³/mol. The van der Waals surface area contributed by atoms with Crippen LogP contribution in [-0.4, -0.2) is 27.6 Å². The first kappa shape index (κ1) is 16.6. The minimum atomic E-state index is -1.02. The molecule has 112 valence electrons. The van der Waals surface area contributed by atoms with Gasteiger partial charge in [0, 0.05) is 12.7 Å². The van der Waals surface area contributed by atoms with Crippen LogP contribution < -0.4 is 5.32 Å². The molecule has 0 saturated heterocycles. The number of hydrogen-bond donors (Lipinski definition) is 2. The summed E-state index contributed by atoms with van der Waals surface area (Å²) in [5.74, 6) is -1.24. The van der Waals surface area contributed by atoms with Crippen LogP contribution in [0.3, 0.4) is 0 Å². The van der Waals surface area contributed by atoms with Crippen LogP contribution in [0, 0.1) is 5.92 Å². The Bertz CT molecular complexity index is 483. The van der Waals surface area contributed by atoms with Crippen molar-refractivity contribution in [1.29, 1.82) is 0 Å². The van der Waals surface area contributed by atoms with Gasteiger partial charge in [0.1, 0.15) is 11.7 Å². The summed E-state index contributed by atoms with van der Waals surface area (Å²) in [7, 11) is 0. The number of carbonyl (C=O) groups excluding carboxylic acids is 1. The highest BCUT2D eigenvalue weighted by atomic mass is 35.5. The van der Waals surface area contributed by atoms with Gasteiger partial charge in [0.25, 0.3) is 5.91 Å². The standard InChI is InChI=1S/C14H21ClN2O3/c1-4-5-17-8-10(15)7-12(17)13(18)16-11(14(19)20)6-9(2)3/h7-9,11H,4-6H2,1-3H3,(H,16,18)(H,19,20)/t11-/m1/s1. The fourth-order valence-corrected chi connectivity index (χ4v) is 2.24. The maximum Gasteiger partial charge on any atom is 0.326 e. The molecular weight excluding hydrogens is 280 g/mol. The number of amides is 1. The van der Waals surface area contributed by atoms with Crippen molar-refractivity contribution < 1.29 is 14.7 Å². The first-order valence-corrected chi connectivity index (χ1v) is 7.12.